The van der Waals surface area contributed by atoms with Crippen molar-refractivity contribution >= 4 is 22.8 Å². The Morgan fingerprint density at radius 3 is 2.39 bits per heavy atom. The summed E-state index contributed by atoms with van der Waals surface area (Å²) in [7, 11) is 0. The number of aromatic amines is 1. The molecule has 0 spiro atoms. The lowest BCUT2D eigenvalue weighted by molar-refractivity contribution is 0.102. The summed E-state index contributed by atoms with van der Waals surface area (Å²) in [6, 6.07) is 3.33. The number of aryl methyl sites for hydroxylation is 1. The van der Waals surface area contributed by atoms with E-state index >= 15 is 0 Å². The van der Waals surface area contributed by atoms with Crippen molar-refractivity contribution in [1.82, 2.24) is 24.3 Å². The number of rotatable bonds is 4. The molecule has 0 aromatic carbocycles. The summed E-state index contributed by atoms with van der Waals surface area (Å²) < 4.78 is 3.19. The second-order valence-corrected chi connectivity index (χ2v) is 9.71. The number of carbonyl (C=O) groups excluding carboxylic acids is 1. The molecule has 0 radical (unpaired) electrons. The Morgan fingerprint density at radius 1 is 1.13 bits per heavy atom. The van der Waals surface area contributed by atoms with E-state index in [0.29, 0.717) is 18.8 Å². The highest BCUT2D eigenvalue weighted by atomic mass is 16.2. The highest BCUT2D eigenvalue weighted by Gasteiger charge is 2.26. The third-order valence-electron chi connectivity index (χ3n) is 4.90. The average Bonchev–Trinajstić information content (AvgIpc) is 3.09. The van der Waals surface area contributed by atoms with E-state index in [1.807, 2.05) is 33.8 Å². The first kappa shape index (κ1) is 22.5. The molecule has 3 rings (SSSR count). The number of H-pyrrole nitrogens is 1. The number of anilines is 1. The Morgan fingerprint density at radius 2 is 1.81 bits per heavy atom. The third-order valence-corrected chi connectivity index (χ3v) is 4.90. The van der Waals surface area contributed by atoms with Crippen LogP contribution in [0.15, 0.2) is 27.9 Å². The van der Waals surface area contributed by atoms with Crippen molar-refractivity contribution in [2.24, 2.45) is 0 Å². The van der Waals surface area contributed by atoms with Crippen LogP contribution in [0.1, 0.15) is 70.9 Å². The summed E-state index contributed by atoms with van der Waals surface area (Å²) >= 11 is 0. The van der Waals surface area contributed by atoms with Crippen LogP contribution in [-0.4, -0.2) is 30.2 Å². The van der Waals surface area contributed by atoms with Gasteiger partial charge in [-0.25, -0.2) is 14.5 Å². The van der Waals surface area contributed by atoms with E-state index in [1.54, 1.807) is 4.68 Å². The first-order chi connectivity index (χ1) is 14.3. The van der Waals surface area contributed by atoms with Gasteiger partial charge in [-0.05, 0) is 33.3 Å². The minimum absolute atomic E-state index is 0.184. The molecule has 0 aliphatic carbocycles. The number of fused-ring (bicyclic) bond motifs is 1. The molecule has 166 valence electrons. The molecule has 0 fully saturated rings. The minimum Gasteiger partial charge on any atom is -0.307 e. The molecule has 0 aliphatic heterocycles. The maximum Gasteiger partial charge on any atom is 0.329 e. The monoisotopic (exact) mass is 426 g/mol. The largest absolute Gasteiger partial charge is 0.329 e. The molecule has 0 saturated carbocycles. The fraction of sp³-hybridized carbons (Fsp3) is 0.500. The lowest BCUT2D eigenvalue weighted by Crippen LogP contribution is -2.31. The normalized spacial score (nSPS) is 12.4. The van der Waals surface area contributed by atoms with E-state index in [1.165, 1.54) is 16.8 Å². The van der Waals surface area contributed by atoms with Crippen molar-refractivity contribution in [3.8, 4) is 0 Å². The second kappa shape index (κ2) is 7.79. The van der Waals surface area contributed by atoms with Crippen molar-refractivity contribution in [2.75, 3.05) is 5.32 Å². The number of nitrogens with zero attached hydrogens (tertiary/aromatic N) is 4. The Bertz CT molecular complexity index is 1250. The van der Waals surface area contributed by atoms with Gasteiger partial charge in [0.05, 0.1) is 22.2 Å². The molecule has 1 amide bonds. The zero-order valence-corrected chi connectivity index (χ0v) is 19.2. The minimum atomic E-state index is -0.566. The van der Waals surface area contributed by atoms with E-state index in [0.717, 1.165) is 5.69 Å². The molecule has 3 aromatic rings. The van der Waals surface area contributed by atoms with Gasteiger partial charge in [0.15, 0.2) is 0 Å². The zero-order chi connectivity index (χ0) is 23.1. The van der Waals surface area contributed by atoms with Crippen LogP contribution in [0.5, 0.6) is 0 Å². The molecule has 0 bridgehead atoms. The molecule has 3 aromatic heterocycles. The predicted octanol–water partition coefficient (Wildman–Crippen LogP) is 3.00. The number of carbonyl (C=O) groups is 1. The lowest BCUT2D eigenvalue weighted by Gasteiger charge is -2.23. The van der Waals surface area contributed by atoms with Gasteiger partial charge in [0.2, 0.25) is 0 Å². The zero-order valence-electron chi connectivity index (χ0n) is 19.2. The number of aromatic nitrogens is 5. The highest BCUT2D eigenvalue weighted by molar-refractivity contribution is 6.05. The quantitative estimate of drug-likeness (QED) is 0.665. The van der Waals surface area contributed by atoms with E-state index in [9.17, 15) is 14.4 Å². The molecule has 0 atom stereocenters. The summed E-state index contributed by atoms with van der Waals surface area (Å²) in [6.07, 6.45) is 2.09. The van der Waals surface area contributed by atoms with Crippen LogP contribution in [0, 0.1) is 0 Å². The van der Waals surface area contributed by atoms with E-state index in [4.69, 9.17) is 5.10 Å². The molecule has 9 heteroatoms. The third kappa shape index (κ3) is 4.45. The molecule has 0 saturated heterocycles. The summed E-state index contributed by atoms with van der Waals surface area (Å²) in [6.45, 7) is 14.5. The van der Waals surface area contributed by atoms with Gasteiger partial charge in [-0.1, -0.05) is 27.7 Å². The molecule has 9 nitrogen and oxygen atoms in total. The van der Waals surface area contributed by atoms with Gasteiger partial charge in [0.25, 0.3) is 11.5 Å². The summed E-state index contributed by atoms with van der Waals surface area (Å²) in [5.41, 5.74) is -0.260. The molecule has 3 heterocycles. The van der Waals surface area contributed by atoms with Gasteiger partial charge in [-0.2, -0.15) is 5.10 Å². The first-order valence-corrected chi connectivity index (χ1v) is 10.4. The topological polar surface area (TPSA) is 115 Å². The lowest BCUT2D eigenvalue weighted by atomic mass is 9.92. The Balaban J connectivity index is 2.04. The standard InChI is InChI=1S/C22H30N6O3/c1-8-9-27-17-14(19(30)25-20(27)31)10-13(12-23-17)18(29)24-16-11-15(21(2,3)4)26-28(16)22(5,6)7/h10-12H,8-9H2,1-7H3,(H,24,29)(H,25,30,31). The summed E-state index contributed by atoms with van der Waals surface area (Å²) in [4.78, 5) is 44.0. The van der Waals surface area contributed by atoms with E-state index < -0.39 is 17.2 Å². The SMILES string of the molecule is CCCn1c(=O)[nH]c(=O)c2cc(C(=O)Nc3cc(C(C)(C)C)nn3C(C)(C)C)cnc21. The van der Waals surface area contributed by atoms with Crippen LogP contribution >= 0.6 is 0 Å². The van der Waals surface area contributed by atoms with Crippen LogP contribution in [0.25, 0.3) is 11.0 Å². The number of hydrogen-bond acceptors (Lipinski definition) is 5. The van der Waals surface area contributed by atoms with E-state index in [2.05, 4.69) is 36.1 Å². The molecular weight excluding hydrogens is 396 g/mol. The number of hydrogen-bond donors (Lipinski definition) is 2. The summed E-state index contributed by atoms with van der Waals surface area (Å²) in [5.74, 6) is 0.153. The highest BCUT2D eigenvalue weighted by Crippen LogP contribution is 2.28. The van der Waals surface area contributed by atoms with Crippen molar-refractivity contribution in [3.05, 3.63) is 50.4 Å². The van der Waals surface area contributed by atoms with Crippen molar-refractivity contribution in [3.63, 3.8) is 0 Å². The maximum absolute atomic E-state index is 13.0. The van der Waals surface area contributed by atoms with Crippen molar-refractivity contribution < 1.29 is 4.79 Å². The van der Waals surface area contributed by atoms with Gasteiger partial charge >= 0.3 is 5.69 Å². The van der Waals surface area contributed by atoms with Gasteiger partial charge in [-0.15, -0.1) is 0 Å². The maximum atomic E-state index is 13.0. The Kier molecular flexibility index (Phi) is 5.64. The molecule has 2 N–H and O–H groups in total. The fourth-order valence-corrected chi connectivity index (χ4v) is 3.26. The molecular formula is C22H30N6O3. The average molecular weight is 427 g/mol. The van der Waals surface area contributed by atoms with Crippen molar-refractivity contribution in [1.29, 1.82) is 0 Å². The molecule has 0 aliphatic rings. The van der Waals surface area contributed by atoms with Crippen molar-refractivity contribution in [2.45, 2.75) is 72.4 Å². The molecule has 31 heavy (non-hydrogen) atoms. The van der Waals surface area contributed by atoms with Gasteiger partial charge in [0, 0.05) is 24.2 Å². The van der Waals surface area contributed by atoms with Gasteiger partial charge in [0.1, 0.15) is 11.5 Å². The predicted molar refractivity (Wildman–Crippen MR) is 121 cm³/mol. The van der Waals surface area contributed by atoms with Gasteiger partial charge in [-0.3, -0.25) is 19.1 Å². The summed E-state index contributed by atoms with van der Waals surface area (Å²) in [5, 5.41) is 7.80. The first-order valence-electron chi connectivity index (χ1n) is 10.4. The fourth-order valence-electron chi connectivity index (χ4n) is 3.26. The van der Waals surface area contributed by atoms with E-state index in [-0.39, 0.29) is 27.6 Å². The smallest absolute Gasteiger partial charge is 0.307 e. The van der Waals surface area contributed by atoms with Crippen LogP contribution in [0.3, 0.4) is 0 Å². The van der Waals surface area contributed by atoms with Crippen LogP contribution in [0.4, 0.5) is 5.82 Å². The molecule has 0 unspecified atom stereocenters. The van der Waals surface area contributed by atoms with Gasteiger partial charge < -0.3 is 5.32 Å². The van der Waals surface area contributed by atoms with Crippen LogP contribution in [0.2, 0.25) is 0 Å². The number of pyridine rings is 1. The van der Waals surface area contributed by atoms with Crippen LogP contribution in [-0.2, 0) is 17.5 Å². The second-order valence-electron chi connectivity index (χ2n) is 9.71. The number of amides is 1. The Hall–Kier alpha value is -3.23. The van der Waals surface area contributed by atoms with Crippen LogP contribution < -0.4 is 16.6 Å². The Labute approximate surface area is 180 Å². The number of nitrogens with one attached hydrogen (secondary N) is 2.